The van der Waals surface area contributed by atoms with Gasteiger partial charge in [-0.1, -0.05) is 48.5 Å². The average molecular weight is 268 g/mol. The van der Waals surface area contributed by atoms with Crippen LogP contribution in [0.5, 0.6) is 0 Å². The van der Waals surface area contributed by atoms with Crippen molar-refractivity contribution >= 4 is 0 Å². The summed E-state index contributed by atoms with van der Waals surface area (Å²) in [5, 5.41) is 3.66. The van der Waals surface area contributed by atoms with E-state index in [0.29, 0.717) is 10.8 Å². The van der Waals surface area contributed by atoms with Gasteiger partial charge in [0, 0.05) is 0 Å². The Balaban J connectivity index is 2.68. The van der Waals surface area contributed by atoms with Crippen molar-refractivity contribution in [2.24, 2.45) is 28.6 Å². The lowest BCUT2D eigenvalue weighted by Crippen LogP contribution is -2.42. The summed E-state index contributed by atoms with van der Waals surface area (Å²) in [5.41, 5.74) is 0.924. The van der Waals surface area contributed by atoms with Crippen LogP contribution >= 0.6 is 0 Å². The molecule has 1 N–H and O–H groups in total. The summed E-state index contributed by atoms with van der Waals surface area (Å²) in [6, 6.07) is 0. The molecule has 1 rings (SSSR count). The van der Waals surface area contributed by atoms with Gasteiger partial charge in [0.2, 0.25) is 0 Å². The van der Waals surface area contributed by atoms with Crippen LogP contribution in [0.2, 0.25) is 0 Å². The fourth-order valence-corrected chi connectivity index (χ4v) is 3.79. The van der Waals surface area contributed by atoms with Crippen molar-refractivity contribution in [1.29, 1.82) is 0 Å². The zero-order chi connectivity index (χ0) is 14.7. The molecule has 0 bridgehead atoms. The van der Waals surface area contributed by atoms with Crippen LogP contribution in [-0.4, -0.2) is 13.1 Å². The Morgan fingerprint density at radius 1 is 0.947 bits per heavy atom. The number of nitrogens with one attached hydrogen (secondary N) is 1. The van der Waals surface area contributed by atoms with Crippen molar-refractivity contribution in [3.63, 3.8) is 0 Å². The van der Waals surface area contributed by atoms with Crippen molar-refractivity contribution in [3.8, 4) is 0 Å². The monoisotopic (exact) mass is 267 g/mol. The van der Waals surface area contributed by atoms with Crippen LogP contribution < -0.4 is 5.32 Å². The molecular weight excluding hydrogens is 230 g/mol. The first-order valence-electron chi connectivity index (χ1n) is 8.37. The Morgan fingerprint density at radius 3 is 2.05 bits per heavy atom. The molecule has 0 amide bonds. The molecule has 3 atom stereocenters. The molecule has 0 aromatic rings. The SMILES string of the molecule is CCCNCC1CCC(C(C)(C)C)CC1C(C)(C)C. The lowest BCUT2D eigenvalue weighted by Gasteiger charge is -2.47. The molecule has 0 aliphatic heterocycles. The van der Waals surface area contributed by atoms with Crippen molar-refractivity contribution < 1.29 is 0 Å². The fraction of sp³-hybridized carbons (Fsp3) is 1.00. The Bertz CT molecular complexity index is 256. The standard InChI is InChI=1S/C18H37N/c1-8-11-19-13-14-9-10-15(17(2,3)4)12-16(14)18(5,6)7/h14-16,19H,8-13H2,1-7H3. The van der Waals surface area contributed by atoms with Crippen LogP contribution in [0.15, 0.2) is 0 Å². The minimum Gasteiger partial charge on any atom is -0.316 e. The van der Waals surface area contributed by atoms with Crippen molar-refractivity contribution in [1.82, 2.24) is 5.32 Å². The summed E-state index contributed by atoms with van der Waals surface area (Å²) in [6.45, 7) is 19.3. The lowest BCUT2D eigenvalue weighted by atomic mass is 9.59. The van der Waals surface area contributed by atoms with Gasteiger partial charge in [0.15, 0.2) is 0 Å². The van der Waals surface area contributed by atoms with Crippen molar-refractivity contribution in [2.75, 3.05) is 13.1 Å². The summed E-state index contributed by atoms with van der Waals surface area (Å²) in [6.07, 6.45) is 5.51. The van der Waals surface area contributed by atoms with E-state index in [1.165, 1.54) is 38.8 Å². The smallest absolute Gasteiger partial charge is 0.00177 e. The highest BCUT2D eigenvalue weighted by atomic mass is 14.9. The second-order valence-corrected chi connectivity index (χ2v) is 8.81. The molecule has 0 aromatic heterocycles. The van der Waals surface area contributed by atoms with E-state index in [0.717, 1.165) is 17.8 Å². The highest BCUT2D eigenvalue weighted by Gasteiger charge is 2.40. The molecule has 0 heterocycles. The van der Waals surface area contributed by atoms with E-state index in [1.54, 1.807) is 0 Å². The molecule has 0 spiro atoms. The Labute approximate surface area is 121 Å². The van der Waals surface area contributed by atoms with Gasteiger partial charge in [-0.25, -0.2) is 0 Å². The normalized spacial score (nSPS) is 29.5. The van der Waals surface area contributed by atoms with E-state index >= 15 is 0 Å². The third-order valence-corrected chi connectivity index (χ3v) is 5.16. The third kappa shape index (κ3) is 5.10. The van der Waals surface area contributed by atoms with Gasteiger partial charge in [0.1, 0.15) is 0 Å². The fourth-order valence-electron chi connectivity index (χ4n) is 3.79. The number of rotatable bonds is 4. The molecule has 0 aromatic carbocycles. The maximum Gasteiger partial charge on any atom is -0.00177 e. The van der Waals surface area contributed by atoms with Crippen LogP contribution in [0.25, 0.3) is 0 Å². The maximum absolute atomic E-state index is 3.66. The van der Waals surface area contributed by atoms with Gasteiger partial charge in [0.25, 0.3) is 0 Å². The molecule has 1 aliphatic rings. The van der Waals surface area contributed by atoms with E-state index in [9.17, 15) is 0 Å². The summed E-state index contributed by atoms with van der Waals surface area (Å²) >= 11 is 0. The average Bonchev–Trinajstić information content (AvgIpc) is 2.27. The van der Waals surface area contributed by atoms with Gasteiger partial charge in [0.05, 0.1) is 0 Å². The minimum atomic E-state index is 0.447. The first-order valence-corrected chi connectivity index (χ1v) is 8.37. The quantitative estimate of drug-likeness (QED) is 0.698. The molecular formula is C18H37N. The van der Waals surface area contributed by atoms with E-state index in [-0.39, 0.29) is 0 Å². The summed E-state index contributed by atoms with van der Waals surface area (Å²) in [7, 11) is 0. The molecule has 1 heteroatoms. The van der Waals surface area contributed by atoms with E-state index < -0.39 is 0 Å². The molecule has 1 saturated carbocycles. The van der Waals surface area contributed by atoms with Crippen LogP contribution in [0, 0.1) is 28.6 Å². The van der Waals surface area contributed by atoms with Gasteiger partial charge in [-0.2, -0.15) is 0 Å². The molecule has 0 saturated heterocycles. The van der Waals surface area contributed by atoms with E-state index in [4.69, 9.17) is 0 Å². The van der Waals surface area contributed by atoms with E-state index in [1.807, 2.05) is 0 Å². The Morgan fingerprint density at radius 2 is 1.58 bits per heavy atom. The van der Waals surface area contributed by atoms with Crippen LogP contribution in [0.1, 0.15) is 74.1 Å². The highest BCUT2D eigenvalue weighted by Crippen LogP contribution is 2.48. The topological polar surface area (TPSA) is 12.0 Å². The molecule has 0 radical (unpaired) electrons. The lowest BCUT2D eigenvalue weighted by molar-refractivity contribution is 0.0353. The highest BCUT2D eigenvalue weighted by molar-refractivity contribution is 4.91. The number of hydrogen-bond acceptors (Lipinski definition) is 1. The minimum absolute atomic E-state index is 0.447. The van der Waals surface area contributed by atoms with Gasteiger partial charge in [-0.15, -0.1) is 0 Å². The molecule has 1 aliphatic carbocycles. The largest absolute Gasteiger partial charge is 0.316 e. The molecule has 19 heavy (non-hydrogen) atoms. The second kappa shape index (κ2) is 6.61. The first-order chi connectivity index (χ1) is 8.66. The molecule has 1 nitrogen and oxygen atoms in total. The summed E-state index contributed by atoms with van der Waals surface area (Å²) < 4.78 is 0. The van der Waals surface area contributed by atoms with Crippen LogP contribution in [0.3, 0.4) is 0 Å². The molecule has 1 fully saturated rings. The zero-order valence-electron chi connectivity index (χ0n) is 14.5. The van der Waals surface area contributed by atoms with Crippen LogP contribution in [-0.2, 0) is 0 Å². The Hall–Kier alpha value is -0.0400. The van der Waals surface area contributed by atoms with Crippen LogP contribution in [0.4, 0.5) is 0 Å². The molecule has 3 unspecified atom stereocenters. The predicted molar refractivity (Wildman–Crippen MR) is 86.4 cm³/mol. The van der Waals surface area contributed by atoms with Gasteiger partial charge >= 0.3 is 0 Å². The Kier molecular flexibility index (Phi) is 5.92. The summed E-state index contributed by atoms with van der Waals surface area (Å²) in [4.78, 5) is 0. The van der Waals surface area contributed by atoms with Gasteiger partial charge in [-0.05, 0) is 67.4 Å². The van der Waals surface area contributed by atoms with E-state index in [2.05, 4.69) is 53.8 Å². The first kappa shape index (κ1) is 17.0. The van der Waals surface area contributed by atoms with Gasteiger partial charge < -0.3 is 5.32 Å². The second-order valence-electron chi connectivity index (χ2n) is 8.81. The van der Waals surface area contributed by atoms with Crippen molar-refractivity contribution in [3.05, 3.63) is 0 Å². The number of hydrogen-bond donors (Lipinski definition) is 1. The zero-order valence-corrected chi connectivity index (χ0v) is 14.5. The molecule has 114 valence electrons. The van der Waals surface area contributed by atoms with Crippen molar-refractivity contribution in [2.45, 2.75) is 74.1 Å². The maximum atomic E-state index is 3.66. The third-order valence-electron chi connectivity index (χ3n) is 5.16. The predicted octanol–water partition coefficient (Wildman–Crippen LogP) is 5.11. The van der Waals surface area contributed by atoms with Gasteiger partial charge in [-0.3, -0.25) is 0 Å². The summed E-state index contributed by atoms with van der Waals surface area (Å²) in [5.74, 6) is 2.65.